The summed E-state index contributed by atoms with van der Waals surface area (Å²) in [7, 11) is 2.66. The van der Waals surface area contributed by atoms with Gasteiger partial charge in [0.2, 0.25) is 0 Å². The van der Waals surface area contributed by atoms with Crippen molar-refractivity contribution in [2.45, 2.75) is 13.0 Å². The van der Waals surface area contributed by atoms with Gasteiger partial charge in [-0.2, -0.15) is 0 Å². The normalized spacial score (nSPS) is 10.4. The number of carbonyl (C=O) groups excluding carboxylic acids is 2. The van der Waals surface area contributed by atoms with Crippen LogP contribution < -0.4 is 4.74 Å². The van der Waals surface area contributed by atoms with Crippen molar-refractivity contribution in [3.05, 3.63) is 29.3 Å². The molecule has 0 aliphatic heterocycles. The van der Waals surface area contributed by atoms with Gasteiger partial charge < -0.3 is 14.2 Å². The highest BCUT2D eigenvalue weighted by atomic mass is 16.5. The van der Waals surface area contributed by atoms with E-state index in [9.17, 15) is 9.59 Å². The van der Waals surface area contributed by atoms with E-state index in [4.69, 9.17) is 20.6 Å². The molecule has 0 heterocycles. The molecule has 0 fully saturated rings. The van der Waals surface area contributed by atoms with Crippen molar-refractivity contribution in [3.8, 4) is 29.9 Å². The summed E-state index contributed by atoms with van der Waals surface area (Å²) in [6.45, 7) is 1.24. The van der Waals surface area contributed by atoms with Crippen LogP contribution in [0.1, 0.15) is 28.9 Å². The third-order valence-electron chi connectivity index (χ3n) is 2.51. The van der Waals surface area contributed by atoms with Crippen LogP contribution in [0.5, 0.6) is 5.75 Å². The van der Waals surface area contributed by atoms with Crippen LogP contribution in [0.2, 0.25) is 0 Å². The summed E-state index contributed by atoms with van der Waals surface area (Å²) in [5.74, 6) is 6.23. The number of esters is 2. The maximum Gasteiger partial charge on any atom is 0.342 e. The number of hydrogen-bond donors (Lipinski definition) is 0. The van der Waals surface area contributed by atoms with E-state index < -0.39 is 18.0 Å². The van der Waals surface area contributed by atoms with Gasteiger partial charge in [-0.15, -0.1) is 6.42 Å². The van der Waals surface area contributed by atoms with Gasteiger partial charge in [-0.05, 0) is 23.8 Å². The van der Waals surface area contributed by atoms with E-state index in [1.54, 1.807) is 18.2 Å². The van der Waals surface area contributed by atoms with E-state index in [2.05, 4.69) is 17.8 Å². The summed E-state index contributed by atoms with van der Waals surface area (Å²) in [5, 5.41) is 0. The Kier molecular flexibility index (Phi) is 5.85. The Balaban J connectivity index is 3.46. The predicted octanol–water partition coefficient (Wildman–Crippen LogP) is 1.72. The first kappa shape index (κ1) is 16.1. The Morgan fingerprint density at radius 3 is 2.52 bits per heavy atom. The van der Waals surface area contributed by atoms with Gasteiger partial charge in [0.05, 0.1) is 14.2 Å². The first-order valence-electron chi connectivity index (χ1n) is 5.93. The van der Waals surface area contributed by atoms with Crippen molar-refractivity contribution >= 4 is 11.9 Å². The lowest BCUT2D eigenvalue weighted by atomic mass is 10.0. The molecule has 0 aromatic heterocycles. The molecule has 0 amide bonds. The van der Waals surface area contributed by atoms with Crippen LogP contribution in [0.4, 0.5) is 0 Å². The topological polar surface area (TPSA) is 61.8 Å². The lowest BCUT2D eigenvalue weighted by Gasteiger charge is -2.16. The van der Waals surface area contributed by atoms with Crippen molar-refractivity contribution < 1.29 is 23.8 Å². The minimum Gasteiger partial charge on any atom is -0.496 e. The van der Waals surface area contributed by atoms with E-state index >= 15 is 0 Å². The standard InChI is InChI=1S/C16H14O5/c1-5-6-9-13(21-11(2)17)12-8-7-10-14(19-3)15(12)16(18)20-4/h1,7-8,10,13H,2-4H3. The van der Waals surface area contributed by atoms with E-state index in [-0.39, 0.29) is 5.56 Å². The molecule has 108 valence electrons. The van der Waals surface area contributed by atoms with Crippen LogP contribution in [0, 0.1) is 24.2 Å². The first-order chi connectivity index (χ1) is 10.0. The molecule has 1 aromatic carbocycles. The summed E-state index contributed by atoms with van der Waals surface area (Å²) in [6.07, 6.45) is 4.10. The molecule has 0 aliphatic rings. The van der Waals surface area contributed by atoms with Crippen molar-refractivity contribution in [2.75, 3.05) is 14.2 Å². The number of carbonyl (C=O) groups is 2. The van der Waals surface area contributed by atoms with Crippen LogP contribution >= 0.6 is 0 Å². The molecule has 0 N–H and O–H groups in total. The van der Waals surface area contributed by atoms with Crippen molar-refractivity contribution in [3.63, 3.8) is 0 Å². The zero-order valence-electron chi connectivity index (χ0n) is 11.9. The monoisotopic (exact) mass is 286 g/mol. The lowest BCUT2D eigenvalue weighted by Crippen LogP contribution is -2.14. The SMILES string of the molecule is C#CC#CC(OC(C)=O)c1cccc(OC)c1C(=O)OC. The average molecular weight is 286 g/mol. The highest BCUT2D eigenvalue weighted by molar-refractivity contribution is 5.94. The first-order valence-corrected chi connectivity index (χ1v) is 5.93. The summed E-state index contributed by atoms with van der Waals surface area (Å²) in [5.41, 5.74) is 0.485. The quantitative estimate of drug-likeness (QED) is 0.623. The van der Waals surface area contributed by atoms with Gasteiger partial charge in [0.25, 0.3) is 0 Å². The van der Waals surface area contributed by atoms with Gasteiger partial charge in [0.1, 0.15) is 11.3 Å². The molecular formula is C16H14O5. The van der Waals surface area contributed by atoms with Crippen LogP contribution in [0.15, 0.2) is 18.2 Å². The molecular weight excluding hydrogens is 272 g/mol. The lowest BCUT2D eigenvalue weighted by molar-refractivity contribution is -0.144. The molecule has 21 heavy (non-hydrogen) atoms. The Labute approximate surface area is 123 Å². The zero-order chi connectivity index (χ0) is 15.8. The van der Waals surface area contributed by atoms with Crippen LogP contribution in [0.25, 0.3) is 0 Å². The highest BCUT2D eigenvalue weighted by Gasteiger charge is 2.24. The summed E-state index contributed by atoms with van der Waals surface area (Å²) in [4.78, 5) is 23.2. The fourth-order valence-electron chi connectivity index (χ4n) is 1.70. The molecule has 5 nitrogen and oxygen atoms in total. The molecule has 0 bridgehead atoms. The number of rotatable bonds is 4. The van der Waals surface area contributed by atoms with E-state index in [1.807, 2.05) is 0 Å². The number of benzene rings is 1. The van der Waals surface area contributed by atoms with Crippen LogP contribution in [-0.4, -0.2) is 26.2 Å². The second-order valence-corrected chi connectivity index (χ2v) is 3.82. The molecule has 0 saturated carbocycles. The maximum atomic E-state index is 11.9. The molecule has 1 rings (SSSR count). The molecule has 0 spiro atoms. The molecule has 5 heteroatoms. The minimum absolute atomic E-state index is 0.139. The molecule has 0 aliphatic carbocycles. The van der Waals surface area contributed by atoms with Gasteiger partial charge in [-0.25, -0.2) is 4.79 Å². The molecule has 0 saturated heterocycles. The second-order valence-electron chi connectivity index (χ2n) is 3.82. The Hall–Kier alpha value is -2.92. The van der Waals surface area contributed by atoms with E-state index in [0.29, 0.717) is 11.3 Å². The van der Waals surface area contributed by atoms with Gasteiger partial charge in [-0.3, -0.25) is 4.79 Å². The minimum atomic E-state index is -0.984. The molecule has 1 atom stereocenters. The number of methoxy groups -OCH3 is 2. The summed E-state index contributed by atoms with van der Waals surface area (Å²) in [6, 6.07) is 4.83. The molecule has 0 radical (unpaired) electrons. The van der Waals surface area contributed by atoms with E-state index in [1.165, 1.54) is 21.1 Å². The van der Waals surface area contributed by atoms with Crippen molar-refractivity contribution in [2.24, 2.45) is 0 Å². The largest absolute Gasteiger partial charge is 0.496 e. The fourth-order valence-corrected chi connectivity index (χ4v) is 1.70. The van der Waals surface area contributed by atoms with Crippen molar-refractivity contribution in [1.82, 2.24) is 0 Å². The van der Waals surface area contributed by atoms with Gasteiger partial charge in [-0.1, -0.05) is 12.1 Å². The number of hydrogen-bond acceptors (Lipinski definition) is 5. The van der Waals surface area contributed by atoms with Crippen molar-refractivity contribution in [1.29, 1.82) is 0 Å². The Morgan fingerprint density at radius 1 is 1.29 bits per heavy atom. The Morgan fingerprint density at radius 2 is 2.00 bits per heavy atom. The average Bonchev–Trinajstić information content (AvgIpc) is 2.49. The van der Waals surface area contributed by atoms with Gasteiger partial charge in [0, 0.05) is 12.5 Å². The smallest absolute Gasteiger partial charge is 0.342 e. The summed E-state index contributed by atoms with van der Waals surface area (Å²) >= 11 is 0. The number of ether oxygens (including phenoxy) is 3. The Bertz CT molecular complexity index is 643. The third-order valence-corrected chi connectivity index (χ3v) is 2.51. The van der Waals surface area contributed by atoms with Crippen LogP contribution in [-0.2, 0) is 14.3 Å². The zero-order valence-corrected chi connectivity index (χ0v) is 11.9. The van der Waals surface area contributed by atoms with E-state index in [0.717, 1.165) is 0 Å². The highest BCUT2D eigenvalue weighted by Crippen LogP contribution is 2.29. The molecule has 1 aromatic rings. The van der Waals surface area contributed by atoms with Crippen LogP contribution in [0.3, 0.4) is 0 Å². The summed E-state index contributed by atoms with van der Waals surface area (Å²) < 4.78 is 15.0. The van der Waals surface area contributed by atoms with Gasteiger partial charge in [0.15, 0.2) is 6.10 Å². The second kappa shape index (κ2) is 7.62. The molecule has 1 unspecified atom stereocenters. The maximum absolute atomic E-state index is 11.9. The number of terminal acetylenes is 1. The van der Waals surface area contributed by atoms with Gasteiger partial charge >= 0.3 is 11.9 Å². The third kappa shape index (κ3) is 4.02. The fraction of sp³-hybridized carbons (Fsp3) is 0.250. The predicted molar refractivity (Wildman–Crippen MR) is 75.4 cm³/mol.